The number of morpholine rings is 1. The van der Waals surface area contributed by atoms with Crippen LogP contribution in [0.3, 0.4) is 0 Å². The average Bonchev–Trinajstić information content (AvgIpc) is 2.65. The van der Waals surface area contributed by atoms with Crippen LogP contribution in [0.25, 0.3) is 0 Å². The van der Waals surface area contributed by atoms with Crippen LogP contribution in [0.5, 0.6) is 11.5 Å². The molecule has 1 aliphatic rings. The van der Waals surface area contributed by atoms with Crippen LogP contribution in [0.4, 0.5) is 23.8 Å². The van der Waals surface area contributed by atoms with Gasteiger partial charge in [-0.05, 0) is 43.7 Å². The number of benzene rings is 1. The Morgan fingerprint density at radius 2 is 2.00 bits per heavy atom. The van der Waals surface area contributed by atoms with E-state index in [1.165, 1.54) is 24.3 Å². The molecule has 162 valence electrons. The van der Waals surface area contributed by atoms with Gasteiger partial charge in [0.2, 0.25) is 0 Å². The number of hydrogen-bond acceptors (Lipinski definition) is 5. The maximum absolute atomic E-state index is 12.6. The van der Waals surface area contributed by atoms with Crippen LogP contribution in [0.15, 0.2) is 36.4 Å². The second-order valence-corrected chi connectivity index (χ2v) is 6.85. The van der Waals surface area contributed by atoms with Crippen molar-refractivity contribution in [2.45, 2.75) is 26.3 Å². The number of urea groups is 1. The van der Waals surface area contributed by atoms with Crippen molar-refractivity contribution in [1.29, 1.82) is 0 Å². The monoisotopic (exact) mass is 425 g/mol. The van der Waals surface area contributed by atoms with E-state index in [9.17, 15) is 18.0 Å². The number of anilines is 1. The minimum atomic E-state index is -4.82. The van der Waals surface area contributed by atoms with Gasteiger partial charge in [0.1, 0.15) is 18.5 Å². The molecule has 3 rings (SSSR count). The molecular weight excluding hydrogens is 403 g/mol. The number of alkyl halides is 3. The SMILES string of the molecule is Cc1cc(C)nc(NC(=O)N2CCOC(COc3ccccc3OC(F)(F)F)C2)c1. The molecule has 1 atom stereocenters. The molecule has 0 spiro atoms. The van der Waals surface area contributed by atoms with Crippen LogP contribution in [-0.4, -0.2) is 54.7 Å². The van der Waals surface area contributed by atoms with Crippen LogP contribution in [0, 0.1) is 13.8 Å². The van der Waals surface area contributed by atoms with Gasteiger partial charge in [-0.1, -0.05) is 12.1 Å². The van der Waals surface area contributed by atoms with Crippen LogP contribution < -0.4 is 14.8 Å². The third-order valence-electron chi connectivity index (χ3n) is 4.26. The minimum Gasteiger partial charge on any atom is -0.487 e. The molecule has 1 aliphatic heterocycles. The molecule has 1 aromatic heterocycles. The zero-order chi connectivity index (χ0) is 21.7. The summed E-state index contributed by atoms with van der Waals surface area (Å²) in [6.45, 7) is 4.59. The van der Waals surface area contributed by atoms with Gasteiger partial charge in [-0.3, -0.25) is 5.32 Å². The van der Waals surface area contributed by atoms with Gasteiger partial charge in [0.25, 0.3) is 0 Å². The van der Waals surface area contributed by atoms with E-state index in [1.54, 1.807) is 11.0 Å². The van der Waals surface area contributed by atoms with Crippen molar-refractivity contribution in [2.75, 3.05) is 31.6 Å². The molecule has 30 heavy (non-hydrogen) atoms. The molecule has 7 nitrogen and oxygen atoms in total. The Kier molecular flexibility index (Phi) is 6.66. The van der Waals surface area contributed by atoms with E-state index in [2.05, 4.69) is 15.0 Å². The van der Waals surface area contributed by atoms with Gasteiger partial charge < -0.3 is 19.1 Å². The lowest BCUT2D eigenvalue weighted by Crippen LogP contribution is -2.49. The lowest BCUT2D eigenvalue weighted by molar-refractivity contribution is -0.275. The molecule has 0 saturated carbocycles. The Bertz CT molecular complexity index is 872. The van der Waals surface area contributed by atoms with Gasteiger partial charge in [0.05, 0.1) is 13.2 Å². The number of nitrogens with one attached hydrogen (secondary N) is 1. The number of pyridine rings is 1. The lowest BCUT2D eigenvalue weighted by Gasteiger charge is -2.32. The molecule has 2 heterocycles. The fourth-order valence-corrected chi connectivity index (χ4v) is 3.06. The van der Waals surface area contributed by atoms with Crippen molar-refractivity contribution < 1.29 is 32.2 Å². The predicted octanol–water partition coefficient (Wildman–Crippen LogP) is 3.91. The van der Waals surface area contributed by atoms with Crippen molar-refractivity contribution in [3.63, 3.8) is 0 Å². The second kappa shape index (κ2) is 9.21. The zero-order valence-corrected chi connectivity index (χ0v) is 16.5. The largest absolute Gasteiger partial charge is 0.573 e. The number of halogens is 3. The summed E-state index contributed by atoms with van der Waals surface area (Å²) in [6.07, 6.45) is -5.33. The highest BCUT2D eigenvalue weighted by molar-refractivity contribution is 5.88. The fraction of sp³-hybridized carbons (Fsp3) is 0.400. The maximum Gasteiger partial charge on any atom is 0.573 e. The smallest absolute Gasteiger partial charge is 0.487 e. The van der Waals surface area contributed by atoms with E-state index in [1.807, 2.05) is 19.9 Å². The standard InChI is InChI=1S/C20H22F3N3O4/c1-13-9-14(2)24-18(10-13)25-19(27)26-7-8-28-15(11-26)12-29-16-5-3-4-6-17(16)30-20(21,22)23/h3-6,9-10,15H,7-8,11-12H2,1-2H3,(H,24,25,27). The summed E-state index contributed by atoms with van der Waals surface area (Å²) >= 11 is 0. The molecule has 0 bridgehead atoms. The van der Waals surface area contributed by atoms with Crippen LogP contribution in [0.2, 0.25) is 0 Å². The normalized spacial score (nSPS) is 16.8. The lowest BCUT2D eigenvalue weighted by atomic mass is 10.2. The summed E-state index contributed by atoms with van der Waals surface area (Å²) < 4.78 is 52.6. The number of aromatic nitrogens is 1. The first-order valence-corrected chi connectivity index (χ1v) is 9.30. The van der Waals surface area contributed by atoms with Crippen molar-refractivity contribution in [2.24, 2.45) is 0 Å². The molecular formula is C20H22F3N3O4. The minimum absolute atomic E-state index is 0.0379. The van der Waals surface area contributed by atoms with Crippen molar-refractivity contribution in [3.05, 3.63) is 47.7 Å². The first-order valence-electron chi connectivity index (χ1n) is 9.30. The van der Waals surface area contributed by atoms with E-state index in [4.69, 9.17) is 9.47 Å². The Balaban J connectivity index is 1.57. The van der Waals surface area contributed by atoms with Crippen molar-refractivity contribution in [1.82, 2.24) is 9.88 Å². The van der Waals surface area contributed by atoms with Crippen LogP contribution >= 0.6 is 0 Å². The second-order valence-electron chi connectivity index (χ2n) is 6.85. The number of ether oxygens (including phenoxy) is 3. The number of aryl methyl sites for hydroxylation is 2. The zero-order valence-electron chi connectivity index (χ0n) is 16.5. The van der Waals surface area contributed by atoms with Crippen LogP contribution in [0.1, 0.15) is 11.3 Å². The van der Waals surface area contributed by atoms with Crippen molar-refractivity contribution >= 4 is 11.8 Å². The Morgan fingerprint density at radius 1 is 1.27 bits per heavy atom. The summed E-state index contributed by atoms with van der Waals surface area (Å²) in [7, 11) is 0. The number of carbonyl (C=O) groups excluding carboxylic acids is 1. The van der Waals surface area contributed by atoms with Gasteiger partial charge >= 0.3 is 12.4 Å². The van der Waals surface area contributed by atoms with Crippen molar-refractivity contribution in [3.8, 4) is 11.5 Å². The fourth-order valence-electron chi connectivity index (χ4n) is 3.06. The quantitative estimate of drug-likeness (QED) is 0.787. The number of nitrogens with zero attached hydrogens (tertiary/aromatic N) is 2. The van der Waals surface area contributed by atoms with Gasteiger partial charge in [-0.2, -0.15) is 0 Å². The van der Waals surface area contributed by atoms with E-state index < -0.39 is 18.2 Å². The van der Waals surface area contributed by atoms with E-state index in [0.717, 1.165) is 11.3 Å². The first kappa shape index (κ1) is 21.7. The molecule has 2 aromatic rings. The third kappa shape index (κ3) is 6.24. The summed E-state index contributed by atoms with van der Waals surface area (Å²) in [4.78, 5) is 18.4. The van der Waals surface area contributed by atoms with E-state index >= 15 is 0 Å². The number of carbonyl (C=O) groups is 1. The summed E-state index contributed by atoms with van der Waals surface area (Å²) in [5.74, 6) is -0.0363. The third-order valence-corrected chi connectivity index (χ3v) is 4.26. The predicted molar refractivity (Wildman–Crippen MR) is 103 cm³/mol. The molecule has 0 radical (unpaired) electrons. The molecule has 10 heteroatoms. The number of amides is 2. The molecule has 1 fully saturated rings. The number of rotatable bonds is 5. The Hall–Kier alpha value is -3.01. The molecule has 2 amide bonds. The highest BCUT2D eigenvalue weighted by Crippen LogP contribution is 2.32. The molecule has 0 aliphatic carbocycles. The van der Waals surface area contributed by atoms with E-state index in [-0.39, 0.29) is 31.5 Å². The Morgan fingerprint density at radius 3 is 2.70 bits per heavy atom. The highest BCUT2D eigenvalue weighted by atomic mass is 19.4. The van der Waals surface area contributed by atoms with Gasteiger partial charge in [0.15, 0.2) is 11.5 Å². The number of para-hydroxylation sites is 2. The summed E-state index contributed by atoms with van der Waals surface area (Å²) in [5, 5.41) is 2.76. The van der Waals surface area contributed by atoms with Crippen LogP contribution in [-0.2, 0) is 4.74 Å². The highest BCUT2D eigenvalue weighted by Gasteiger charge is 2.32. The summed E-state index contributed by atoms with van der Waals surface area (Å²) in [6, 6.07) is 8.83. The first-order chi connectivity index (χ1) is 14.2. The molecule has 1 saturated heterocycles. The van der Waals surface area contributed by atoms with Gasteiger partial charge in [-0.15, -0.1) is 13.2 Å². The topological polar surface area (TPSA) is 72.9 Å². The van der Waals surface area contributed by atoms with Gasteiger partial charge in [-0.25, -0.2) is 9.78 Å². The summed E-state index contributed by atoms with van der Waals surface area (Å²) in [5.41, 5.74) is 1.77. The van der Waals surface area contributed by atoms with Gasteiger partial charge in [0, 0.05) is 12.2 Å². The number of hydrogen-bond donors (Lipinski definition) is 1. The average molecular weight is 425 g/mol. The molecule has 1 aromatic carbocycles. The molecule has 1 N–H and O–H groups in total. The van der Waals surface area contributed by atoms with E-state index in [0.29, 0.717) is 12.4 Å². The maximum atomic E-state index is 12.6. The molecule has 1 unspecified atom stereocenters. The Labute approximate surface area is 171 Å².